The van der Waals surface area contributed by atoms with Crippen molar-refractivity contribution >= 4 is 45.0 Å². The Labute approximate surface area is 135 Å². The molecule has 21 heavy (non-hydrogen) atoms. The molecule has 0 fully saturated rings. The fourth-order valence-electron chi connectivity index (χ4n) is 1.65. The first-order valence-electron chi connectivity index (χ1n) is 6.15. The van der Waals surface area contributed by atoms with Gasteiger partial charge in [-0.3, -0.25) is 9.59 Å². The maximum atomic E-state index is 11.8. The summed E-state index contributed by atoms with van der Waals surface area (Å²) >= 11 is 9.23. The Hall–Kier alpha value is -1.85. The van der Waals surface area contributed by atoms with Gasteiger partial charge in [-0.05, 0) is 40.2 Å². The van der Waals surface area contributed by atoms with Crippen molar-refractivity contribution in [1.29, 1.82) is 0 Å². The summed E-state index contributed by atoms with van der Waals surface area (Å²) in [6, 6.07) is 13.9. The van der Waals surface area contributed by atoms with Gasteiger partial charge in [-0.2, -0.15) is 0 Å². The molecule has 108 valence electrons. The second-order valence-electron chi connectivity index (χ2n) is 4.20. The van der Waals surface area contributed by atoms with Crippen molar-refractivity contribution in [2.24, 2.45) is 0 Å². The van der Waals surface area contributed by atoms with E-state index in [1.807, 2.05) is 6.07 Å². The van der Waals surface area contributed by atoms with Crippen LogP contribution < -0.4 is 10.6 Å². The third-order valence-corrected chi connectivity index (χ3v) is 4.07. The van der Waals surface area contributed by atoms with Crippen LogP contribution in [0.15, 0.2) is 53.0 Å². The first-order valence-corrected chi connectivity index (χ1v) is 7.32. The lowest BCUT2D eigenvalue weighted by Gasteiger charge is -2.09. The van der Waals surface area contributed by atoms with Crippen molar-refractivity contribution in [2.45, 2.75) is 0 Å². The zero-order chi connectivity index (χ0) is 15.2. The predicted molar refractivity (Wildman–Crippen MR) is 86.6 cm³/mol. The van der Waals surface area contributed by atoms with Gasteiger partial charge in [0.05, 0.1) is 21.7 Å². The van der Waals surface area contributed by atoms with Crippen LogP contribution in [0.5, 0.6) is 0 Å². The van der Waals surface area contributed by atoms with E-state index >= 15 is 0 Å². The molecule has 0 aliphatic rings. The topological polar surface area (TPSA) is 58.2 Å². The monoisotopic (exact) mass is 366 g/mol. The van der Waals surface area contributed by atoms with Crippen LogP contribution >= 0.6 is 27.5 Å². The minimum Gasteiger partial charge on any atom is -0.343 e. The highest BCUT2D eigenvalue weighted by atomic mass is 79.9. The van der Waals surface area contributed by atoms with Gasteiger partial charge in [0.25, 0.3) is 5.91 Å². The Kier molecular flexibility index (Phi) is 5.36. The number of carbonyl (C=O) groups is 2. The molecule has 0 aliphatic heterocycles. The fourth-order valence-corrected chi connectivity index (χ4v) is 2.18. The van der Waals surface area contributed by atoms with Crippen LogP contribution in [0.2, 0.25) is 5.02 Å². The highest BCUT2D eigenvalue weighted by Crippen LogP contribution is 2.29. The van der Waals surface area contributed by atoms with E-state index < -0.39 is 0 Å². The second-order valence-corrected chi connectivity index (χ2v) is 5.40. The summed E-state index contributed by atoms with van der Waals surface area (Å²) in [5.41, 5.74) is 1.07. The summed E-state index contributed by atoms with van der Waals surface area (Å²) in [6.45, 7) is -0.118. The summed E-state index contributed by atoms with van der Waals surface area (Å²) in [5.74, 6) is -0.627. The third kappa shape index (κ3) is 4.31. The molecule has 0 aromatic heterocycles. The molecule has 2 aromatic rings. The maximum absolute atomic E-state index is 11.8. The van der Waals surface area contributed by atoms with Gasteiger partial charge in [-0.25, -0.2) is 0 Å². The van der Waals surface area contributed by atoms with Crippen LogP contribution in [-0.4, -0.2) is 18.4 Å². The van der Waals surface area contributed by atoms with Crippen LogP contribution in [0.25, 0.3) is 0 Å². The van der Waals surface area contributed by atoms with E-state index in [1.165, 1.54) is 0 Å². The SMILES string of the molecule is O=C(CNC(=O)c1ccccc1)Nc1cccc(Cl)c1Br. The van der Waals surface area contributed by atoms with E-state index in [9.17, 15) is 9.59 Å². The number of carbonyl (C=O) groups excluding carboxylic acids is 2. The minimum atomic E-state index is -0.331. The Balaban J connectivity index is 1.91. The van der Waals surface area contributed by atoms with Crippen molar-refractivity contribution < 1.29 is 9.59 Å². The molecule has 2 N–H and O–H groups in total. The van der Waals surface area contributed by atoms with Gasteiger partial charge in [0.15, 0.2) is 0 Å². The highest BCUT2D eigenvalue weighted by Gasteiger charge is 2.10. The zero-order valence-electron chi connectivity index (χ0n) is 10.9. The Morgan fingerprint density at radius 1 is 1.05 bits per heavy atom. The summed E-state index contributed by atoms with van der Waals surface area (Å²) in [4.78, 5) is 23.6. The van der Waals surface area contributed by atoms with Gasteiger partial charge in [0.1, 0.15) is 0 Å². The smallest absolute Gasteiger partial charge is 0.251 e. The number of halogens is 2. The van der Waals surface area contributed by atoms with Gasteiger partial charge in [0.2, 0.25) is 5.91 Å². The highest BCUT2D eigenvalue weighted by molar-refractivity contribution is 9.10. The Morgan fingerprint density at radius 2 is 1.76 bits per heavy atom. The van der Waals surface area contributed by atoms with Crippen molar-refractivity contribution in [3.8, 4) is 0 Å². The van der Waals surface area contributed by atoms with Crippen molar-refractivity contribution in [1.82, 2.24) is 5.32 Å². The van der Waals surface area contributed by atoms with E-state index in [4.69, 9.17) is 11.6 Å². The Bertz CT molecular complexity index is 662. The number of anilines is 1. The molecule has 6 heteroatoms. The van der Waals surface area contributed by atoms with Crippen molar-refractivity contribution in [2.75, 3.05) is 11.9 Å². The summed E-state index contributed by atoms with van der Waals surface area (Å²) in [5, 5.41) is 5.73. The zero-order valence-corrected chi connectivity index (χ0v) is 13.2. The molecule has 0 bridgehead atoms. The molecule has 2 aromatic carbocycles. The van der Waals surface area contributed by atoms with Crippen LogP contribution in [0.1, 0.15) is 10.4 Å². The van der Waals surface area contributed by atoms with Gasteiger partial charge < -0.3 is 10.6 Å². The normalized spacial score (nSPS) is 10.0. The van der Waals surface area contributed by atoms with Gasteiger partial charge in [0, 0.05) is 5.56 Å². The number of hydrogen-bond acceptors (Lipinski definition) is 2. The molecular formula is C15H12BrClN2O2. The lowest BCUT2D eigenvalue weighted by molar-refractivity contribution is -0.115. The van der Waals surface area contributed by atoms with Crippen LogP contribution in [-0.2, 0) is 4.79 Å². The molecule has 0 spiro atoms. The summed E-state index contributed by atoms with van der Waals surface area (Å²) in [6.07, 6.45) is 0. The molecule has 0 saturated heterocycles. The lowest BCUT2D eigenvalue weighted by atomic mass is 10.2. The van der Waals surface area contributed by atoms with Crippen LogP contribution in [0.4, 0.5) is 5.69 Å². The predicted octanol–water partition coefficient (Wildman–Crippen LogP) is 3.47. The third-order valence-electron chi connectivity index (χ3n) is 2.67. The van der Waals surface area contributed by atoms with Gasteiger partial charge >= 0.3 is 0 Å². The van der Waals surface area contributed by atoms with Crippen LogP contribution in [0.3, 0.4) is 0 Å². The van der Waals surface area contributed by atoms with E-state index in [-0.39, 0.29) is 18.4 Å². The number of nitrogens with one attached hydrogen (secondary N) is 2. The Morgan fingerprint density at radius 3 is 2.48 bits per heavy atom. The molecule has 4 nitrogen and oxygen atoms in total. The molecule has 0 unspecified atom stereocenters. The molecule has 0 saturated carbocycles. The number of rotatable bonds is 4. The van der Waals surface area contributed by atoms with E-state index in [0.717, 1.165) is 0 Å². The standard InChI is InChI=1S/C15H12BrClN2O2/c16-14-11(17)7-4-8-12(14)19-13(20)9-18-15(21)10-5-2-1-3-6-10/h1-8H,9H2,(H,18,21)(H,19,20). The van der Waals surface area contributed by atoms with Gasteiger partial charge in [-0.15, -0.1) is 0 Å². The van der Waals surface area contributed by atoms with E-state index in [0.29, 0.717) is 20.7 Å². The second kappa shape index (κ2) is 7.24. The molecule has 2 rings (SSSR count). The fraction of sp³-hybridized carbons (Fsp3) is 0.0667. The van der Waals surface area contributed by atoms with Crippen molar-refractivity contribution in [3.05, 3.63) is 63.6 Å². The number of benzene rings is 2. The average Bonchev–Trinajstić information content (AvgIpc) is 2.50. The summed E-state index contributed by atoms with van der Waals surface area (Å²) in [7, 11) is 0. The molecular weight excluding hydrogens is 356 g/mol. The first-order chi connectivity index (χ1) is 10.1. The molecule has 0 radical (unpaired) electrons. The van der Waals surface area contributed by atoms with E-state index in [2.05, 4.69) is 26.6 Å². The largest absolute Gasteiger partial charge is 0.343 e. The molecule has 2 amide bonds. The van der Waals surface area contributed by atoms with E-state index in [1.54, 1.807) is 42.5 Å². The molecule has 0 atom stereocenters. The average molecular weight is 368 g/mol. The van der Waals surface area contributed by atoms with Crippen molar-refractivity contribution in [3.63, 3.8) is 0 Å². The number of hydrogen-bond donors (Lipinski definition) is 2. The van der Waals surface area contributed by atoms with Gasteiger partial charge in [-0.1, -0.05) is 35.9 Å². The molecule has 0 heterocycles. The summed E-state index contributed by atoms with van der Waals surface area (Å²) < 4.78 is 0.606. The lowest BCUT2D eigenvalue weighted by Crippen LogP contribution is -2.32. The minimum absolute atomic E-state index is 0.118. The number of amides is 2. The maximum Gasteiger partial charge on any atom is 0.251 e. The van der Waals surface area contributed by atoms with Crippen LogP contribution in [0, 0.1) is 0 Å². The molecule has 0 aliphatic carbocycles. The first kappa shape index (κ1) is 15.5. The quantitative estimate of drug-likeness (QED) is 0.869.